The van der Waals surface area contributed by atoms with Crippen LogP contribution in [0.3, 0.4) is 0 Å². The SMILES string of the molecule is Cc1nc(-c2ccccc2)sc1C(=O)N[C@@H](C)CN.Cl.Cl. The third-order valence-corrected chi connectivity index (χ3v) is 3.96. The molecule has 1 aromatic heterocycles. The summed E-state index contributed by atoms with van der Waals surface area (Å²) >= 11 is 1.41. The molecule has 1 atom stereocenters. The maximum Gasteiger partial charge on any atom is 0.263 e. The smallest absolute Gasteiger partial charge is 0.263 e. The fourth-order valence-corrected chi connectivity index (χ4v) is 2.63. The average Bonchev–Trinajstić information content (AvgIpc) is 2.81. The lowest BCUT2D eigenvalue weighted by molar-refractivity contribution is 0.0944. The van der Waals surface area contributed by atoms with Crippen LogP contribution in [-0.4, -0.2) is 23.5 Å². The maximum atomic E-state index is 12.1. The Kier molecular flexibility index (Phi) is 8.51. The molecule has 1 amide bonds. The summed E-state index contributed by atoms with van der Waals surface area (Å²) in [7, 11) is 0. The lowest BCUT2D eigenvalue weighted by Gasteiger charge is -2.09. The number of nitrogens with zero attached hydrogens (tertiary/aromatic N) is 1. The number of rotatable bonds is 4. The Labute approximate surface area is 141 Å². The number of carbonyl (C=O) groups is 1. The van der Waals surface area contributed by atoms with Crippen LogP contribution in [0.5, 0.6) is 0 Å². The monoisotopic (exact) mass is 347 g/mol. The van der Waals surface area contributed by atoms with E-state index in [0.29, 0.717) is 11.4 Å². The van der Waals surface area contributed by atoms with Gasteiger partial charge in [-0.05, 0) is 13.8 Å². The van der Waals surface area contributed by atoms with Gasteiger partial charge in [-0.15, -0.1) is 36.2 Å². The van der Waals surface area contributed by atoms with Gasteiger partial charge in [0.2, 0.25) is 0 Å². The largest absolute Gasteiger partial charge is 0.348 e. The number of hydrogen-bond acceptors (Lipinski definition) is 4. The Balaban J connectivity index is 0.00000200. The number of aromatic nitrogens is 1. The van der Waals surface area contributed by atoms with E-state index in [4.69, 9.17) is 5.73 Å². The van der Waals surface area contributed by atoms with E-state index < -0.39 is 0 Å². The summed E-state index contributed by atoms with van der Waals surface area (Å²) in [5, 5.41) is 3.72. The zero-order valence-electron chi connectivity index (χ0n) is 11.8. The molecule has 3 N–H and O–H groups in total. The minimum atomic E-state index is -0.102. The Morgan fingerprint density at radius 2 is 1.95 bits per heavy atom. The van der Waals surface area contributed by atoms with Crippen LogP contribution < -0.4 is 11.1 Å². The van der Waals surface area contributed by atoms with Gasteiger partial charge < -0.3 is 11.1 Å². The molecule has 4 nitrogen and oxygen atoms in total. The molecule has 0 aliphatic heterocycles. The van der Waals surface area contributed by atoms with Crippen molar-refractivity contribution in [2.75, 3.05) is 6.54 Å². The van der Waals surface area contributed by atoms with Crippen LogP contribution in [-0.2, 0) is 0 Å². The Bertz CT molecular complexity index is 575. The van der Waals surface area contributed by atoms with Gasteiger partial charge in [0.15, 0.2) is 0 Å². The van der Waals surface area contributed by atoms with Crippen molar-refractivity contribution in [2.24, 2.45) is 5.73 Å². The molecule has 2 rings (SSSR count). The minimum Gasteiger partial charge on any atom is -0.348 e. The summed E-state index contributed by atoms with van der Waals surface area (Å²) < 4.78 is 0. The predicted octanol–water partition coefficient (Wildman–Crippen LogP) is 3.04. The number of benzene rings is 1. The molecule has 0 saturated carbocycles. The van der Waals surface area contributed by atoms with E-state index in [0.717, 1.165) is 16.3 Å². The molecule has 0 unspecified atom stereocenters. The van der Waals surface area contributed by atoms with Crippen molar-refractivity contribution in [2.45, 2.75) is 19.9 Å². The molecule has 116 valence electrons. The first kappa shape index (κ1) is 19.9. The van der Waals surface area contributed by atoms with E-state index in [-0.39, 0.29) is 36.8 Å². The van der Waals surface area contributed by atoms with Crippen LogP contribution in [0, 0.1) is 6.92 Å². The minimum absolute atomic E-state index is 0. The third-order valence-electron chi connectivity index (χ3n) is 2.75. The molecular weight excluding hydrogens is 329 g/mol. The molecule has 1 heterocycles. The van der Waals surface area contributed by atoms with Crippen LogP contribution in [0.15, 0.2) is 30.3 Å². The summed E-state index contributed by atoms with van der Waals surface area (Å²) in [6.45, 7) is 4.16. The topological polar surface area (TPSA) is 68.0 Å². The standard InChI is InChI=1S/C14H17N3OS.2ClH/c1-9(8-15)16-13(18)12-10(2)17-14(19-12)11-6-4-3-5-7-11;;/h3-7,9H,8,15H2,1-2H3,(H,16,18);2*1H/t9-;;/m0../s1. The van der Waals surface area contributed by atoms with Crippen molar-refractivity contribution < 1.29 is 4.79 Å². The second-order valence-corrected chi connectivity index (χ2v) is 5.41. The number of nitrogens with one attached hydrogen (secondary N) is 1. The van der Waals surface area contributed by atoms with Crippen molar-refractivity contribution in [1.82, 2.24) is 10.3 Å². The number of hydrogen-bond donors (Lipinski definition) is 2. The molecule has 0 fully saturated rings. The van der Waals surface area contributed by atoms with Crippen LogP contribution >= 0.6 is 36.2 Å². The van der Waals surface area contributed by atoms with Crippen molar-refractivity contribution in [1.29, 1.82) is 0 Å². The molecule has 0 radical (unpaired) electrons. The molecule has 0 aliphatic carbocycles. The highest BCUT2D eigenvalue weighted by molar-refractivity contribution is 7.17. The van der Waals surface area contributed by atoms with E-state index in [9.17, 15) is 4.79 Å². The molecule has 0 spiro atoms. The summed E-state index contributed by atoms with van der Waals surface area (Å²) in [4.78, 5) is 17.2. The molecule has 21 heavy (non-hydrogen) atoms. The van der Waals surface area contributed by atoms with Crippen molar-refractivity contribution in [3.8, 4) is 10.6 Å². The Morgan fingerprint density at radius 1 is 1.33 bits per heavy atom. The van der Waals surface area contributed by atoms with Crippen LogP contribution in [0.25, 0.3) is 10.6 Å². The lowest BCUT2D eigenvalue weighted by atomic mass is 10.2. The lowest BCUT2D eigenvalue weighted by Crippen LogP contribution is -2.37. The fraction of sp³-hybridized carbons (Fsp3) is 0.286. The quantitative estimate of drug-likeness (QED) is 0.892. The molecule has 0 bridgehead atoms. The number of thiazole rings is 1. The molecule has 7 heteroatoms. The summed E-state index contributed by atoms with van der Waals surface area (Å²) in [5.41, 5.74) is 7.29. The number of carbonyl (C=O) groups excluding carboxylic acids is 1. The molecule has 2 aromatic rings. The molecular formula is C14H19Cl2N3OS. The van der Waals surface area contributed by atoms with Gasteiger partial charge in [-0.2, -0.15) is 0 Å². The van der Waals surface area contributed by atoms with Crippen LogP contribution in [0.4, 0.5) is 0 Å². The van der Waals surface area contributed by atoms with E-state index in [1.807, 2.05) is 44.2 Å². The van der Waals surface area contributed by atoms with Gasteiger partial charge in [-0.3, -0.25) is 4.79 Å². The van der Waals surface area contributed by atoms with Gasteiger partial charge in [-0.1, -0.05) is 30.3 Å². The number of aryl methyl sites for hydroxylation is 1. The highest BCUT2D eigenvalue weighted by atomic mass is 35.5. The molecule has 0 aliphatic rings. The van der Waals surface area contributed by atoms with Gasteiger partial charge in [-0.25, -0.2) is 4.98 Å². The van der Waals surface area contributed by atoms with Crippen LogP contribution in [0.1, 0.15) is 22.3 Å². The van der Waals surface area contributed by atoms with Crippen LogP contribution in [0.2, 0.25) is 0 Å². The number of nitrogens with two attached hydrogens (primary N) is 1. The first-order chi connectivity index (χ1) is 9.11. The third kappa shape index (κ3) is 4.97. The van der Waals surface area contributed by atoms with Gasteiger partial charge in [0.25, 0.3) is 5.91 Å². The maximum absolute atomic E-state index is 12.1. The normalized spacial score (nSPS) is 11.0. The van der Waals surface area contributed by atoms with Gasteiger partial charge >= 0.3 is 0 Å². The average molecular weight is 348 g/mol. The van der Waals surface area contributed by atoms with E-state index in [1.54, 1.807) is 0 Å². The second-order valence-electron chi connectivity index (χ2n) is 4.41. The van der Waals surface area contributed by atoms with E-state index in [2.05, 4.69) is 10.3 Å². The Hall–Kier alpha value is -1.14. The highest BCUT2D eigenvalue weighted by Gasteiger charge is 2.17. The summed E-state index contributed by atoms with van der Waals surface area (Å²) in [6.07, 6.45) is 0. The van der Waals surface area contributed by atoms with E-state index in [1.165, 1.54) is 11.3 Å². The predicted molar refractivity (Wildman–Crippen MR) is 92.8 cm³/mol. The van der Waals surface area contributed by atoms with Crippen molar-refractivity contribution in [3.05, 3.63) is 40.9 Å². The second kappa shape index (κ2) is 9.00. The highest BCUT2D eigenvalue weighted by Crippen LogP contribution is 2.27. The first-order valence-electron chi connectivity index (χ1n) is 6.15. The zero-order valence-corrected chi connectivity index (χ0v) is 14.3. The van der Waals surface area contributed by atoms with Gasteiger partial charge in [0.05, 0.1) is 5.69 Å². The van der Waals surface area contributed by atoms with E-state index >= 15 is 0 Å². The first-order valence-corrected chi connectivity index (χ1v) is 6.97. The number of halogens is 2. The molecule has 1 aromatic carbocycles. The van der Waals surface area contributed by atoms with Gasteiger partial charge in [0.1, 0.15) is 9.88 Å². The van der Waals surface area contributed by atoms with Gasteiger partial charge in [0, 0.05) is 18.2 Å². The van der Waals surface area contributed by atoms with Crippen molar-refractivity contribution in [3.63, 3.8) is 0 Å². The summed E-state index contributed by atoms with van der Waals surface area (Å²) in [5.74, 6) is -0.102. The number of amides is 1. The fourth-order valence-electron chi connectivity index (χ4n) is 1.66. The van der Waals surface area contributed by atoms with Crippen molar-refractivity contribution >= 4 is 42.1 Å². The summed E-state index contributed by atoms with van der Waals surface area (Å²) in [6, 6.07) is 9.82. The Morgan fingerprint density at radius 3 is 2.52 bits per heavy atom. The zero-order chi connectivity index (χ0) is 13.8. The molecule has 0 saturated heterocycles.